The van der Waals surface area contributed by atoms with Crippen molar-refractivity contribution < 1.29 is 4.52 Å². The van der Waals surface area contributed by atoms with E-state index in [1.165, 1.54) is 0 Å². The summed E-state index contributed by atoms with van der Waals surface area (Å²) in [6.07, 6.45) is 1.69. The molecular weight excluding hydrogens is 311 g/mol. The lowest BCUT2D eigenvalue weighted by molar-refractivity contribution is 0.432. The van der Waals surface area contributed by atoms with Crippen molar-refractivity contribution in [1.82, 2.24) is 15.1 Å². The van der Waals surface area contributed by atoms with E-state index in [-0.39, 0.29) is 5.89 Å². The van der Waals surface area contributed by atoms with Crippen LogP contribution in [0.4, 0.5) is 5.69 Å². The summed E-state index contributed by atoms with van der Waals surface area (Å²) in [6.45, 7) is 1.96. The fourth-order valence-corrected chi connectivity index (χ4v) is 2.35. The summed E-state index contributed by atoms with van der Waals surface area (Å²) in [5.74, 6) is 0.624. The predicted molar refractivity (Wildman–Crippen MR) is 82.1 cm³/mol. The zero-order chi connectivity index (χ0) is 15.0. The molecule has 0 radical (unpaired) electrons. The highest BCUT2D eigenvalue weighted by atomic mass is 35.5. The molecule has 0 aliphatic carbocycles. The van der Waals surface area contributed by atoms with Crippen LogP contribution in [0.2, 0.25) is 10.0 Å². The maximum atomic E-state index is 6.00. The number of nitrogens with zero attached hydrogens (tertiary/aromatic N) is 3. The van der Waals surface area contributed by atoms with Gasteiger partial charge in [-0.15, -0.1) is 0 Å². The predicted octanol–water partition coefficient (Wildman–Crippen LogP) is 4.00. The molecule has 0 saturated carbocycles. The van der Waals surface area contributed by atoms with E-state index in [2.05, 4.69) is 15.1 Å². The van der Waals surface area contributed by atoms with Crippen molar-refractivity contribution in [2.45, 2.75) is 6.92 Å². The average molecular weight is 321 g/mol. The Morgan fingerprint density at radius 3 is 2.76 bits per heavy atom. The Morgan fingerprint density at radius 1 is 1.19 bits per heavy atom. The van der Waals surface area contributed by atoms with E-state index in [4.69, 9.17) is 33.5 Å². The van der Waals surface area contributed by atoms with E-state index < -0.39 is 0 Å². The highest BCUT2D eigenvalue weighted by molar-refractivity contribution is 6.37. The van der Waals surface area contributed by atoms with E-state index in [1.54, 1.807) is 18.3 Å². The van der Waals surface area contributed by atoms with Crippen LogP contribution in [0.25, 0.3) is 23.0 Å². The van der Waals surface area contributed by atoms with Gasteiger partial charge in [-0.2, -0.15) is 4.98 Å². The fraction of sp³-hybridized carbons (Fsp3) is 0.0714. The largest absolute Gasteiger partial charge is 0.397 e. The second-order valence-electron chi connectivity index (χ2n) is 4.49. The Morgan fingerprint density at radius 2 is 2.00 bits per heavy atom. The molecule has 7 heteroatoms. The van der Waals surface area contributed by atoms with Gasteiger partial charge in [0.15, 0.2) is 0 Å². The zero-order valence-corrected chi connectivity index (χ0v) is 12.5. The zero-order valence-electron chi connectivity index (χ0n) is 11.0. The second-order valence-corrected chi connectivity index (χ2v) is 5.33. The van der Waals surface area contributed by atoms with E-state index >= 15 is 0 Å². The number of rotatable bonds is 2. The number of hydrogen-bond acceptors (Lipinski definition) is 5. The molecule has 2 N–H and O–H groups in total. The summed E-state index contributed by atoms with van der Waals surface area (Å²) in [5, 5.41) is 4.70. The minimum Gasteiger partial charge on any atom is -0.397 e. The molecule has 0 fully saturated rings. The summed E-state index contributed by atoms with van der Waals surface area (Å²) in [7, 11) is 0. The van der Waals surface area contributed by atoms with Crippen LogP contribution in [0.1, 0.15) is 5.56 Å². The molecule has 3 aromatic rings. The minimum atomic E-state index is 0.246. The summed E-state index contributed by atoms with van der Waals surface area (Å²) in [6, 6.07) is 6.94. The Kier molecular flexibility index (Phi) is 3.53. The first-order chi connectivity index (χ1) is 10.0. The van der Waals surface area contributed by atoms with Crippen LogP contribution in [0, 0.1) is 6.92 Å². The molecule has 5 nitrogen and oxygen atoms in total. The normalized spacial score (nSPS) is 10.8. The van der Waals surface area contributed by atoms with Crippen LogP contribution in [-0.2, 0) is 0 Å². The molecule has 0 saturated heterocycles. The number of aromatic nitrogens is 3. The van der Waals surface area contributed by atoms with Gasteiger partial charge in [0, 0.05) is 11.2 Å². The third-order valence-electron chi connectivity index (χ3n) is 2.90. The maximum absolute atomic E-state index is 6.00. The van der Waals surface area contributed by atoms with Crippen LogP contribution in [0.5, 0.6) is 0 Å². The second kappa shape index (κ2) is 5.35. The molecule has 0 aliphatic heterocycles. The van der Waals surface area contributed by atoms with Crippen LogP contribution in [0.3, 0.4) is 0 Å². The van der Waals surface area contributed by atoms with Crippen molar-refractivity contribution in [2.75, 3.05) is 5.73 Å². The number of halogens is 2. The molecule has 0 unspecified atom stereocenters. The van der Waals surface area contributed by atoms with Crippen LogP contribution in [0.15, 0.2) is 35.0 Å². The number of hydrogen-bond donors (Lipinski definition) is 1. The highest BCUT2D eigenvalue weighted by Crippen LogP contribution is 2.34. The van der Waals surface area contributed by atoms with Crippen LogP contribution in [-0.4, -0.2) is 15.1 Å². The van der Waals surface area contributed by atoms with Crippen molar-refractivity contribution in [3.05, 3.63) is 46.1 Å². The first-order valence-electron chi connectivity index (χ1n) is 6.06. The molecule has 2 heterocycles. The van der Waals surface area contributed by atoms with Crippen LogP contribution < -0.4 is 5.73 Å². The van der Waals surface area contributed by atoms with Gasteiger partial charge in [-0.3, -0.25) is 4.98 Å². The number of benzene rings is 1. The van der Waals surface area contributed by atoms with E-state index in [9.17, 15) is 0 Å². The molecule has 0 spiro atoms. The lowest BCUT2D eigenvalue weighted by Gasteiger charge is -2.03. The van der Waals surface area contributed by atoms with Gasteiger partial charge >= 0.3 is 0 Å². The lowest BCUT2D eigenvalue weighted by Crippen LogP contribution is -1.92. The summed E-state index contributed by atoms with van der Waals surface area (Å²) in [5.41, 5.74) is 8.44. The number of nitrogen functional groups attached to an aromatic ring is 1. The van der Waals surface area contributed by atoms with Crippen LogP contribution >= 0.6 is 23.2 Å². The standard InChI is InChI=1S/C14H10Cl2N4O/c1-7-2-3-18-11(4-7)13-19-14(21-20-13)9-5-8(15)6-10(16)12(9)17/h2-6H,17H2,1H3. The molecule has 0 atom stereocenters. The van der Waals surface area contributed by atoms with Crippen molar-refractivity contribution in [3.63, 3.8) is 0 Å². The molecule has 1 aromatic carbocycles. The Labute approximate surface area is 130 Å². The molecule has 0 aliphatic rings. The van der Waals surface area contributed by atoms with Crippen molar-refractivity contribution in [1.29, 1.82) is 0 Å². The monoisotopic (exact) mass is 320 g/mol. The van der Waals surface area contributed by atoms with Crippen molar-refractivity contribution in [3.8, 4) is 23.0 Å². The van der Waals surface area contributed by atoms with Gasteiger partial charge in [0.2, 0.25) is 5.82 Å². The van der Waals surface area contributed by atoms with Crippen molar-refractivity contribution in [2.24, 2.45) is 0 Å². The number of anilines is 1. The van der Waals surface area contributed by atoms with Gasteiger partial charge in [0.05, 0.1) is 16.3 Å². The molecular formula is C14H10Cl2N4O. The van der Waals surface area contributed by atoms with Gasteiger partial charge in [-0.1, -0.05) is 28.4 Å². The molecule has 106 valence electrons. The smallest absolute Gasteiger partial charge is 0.260 e. The Hall–Kier alpha value is -2.11. The molecule has 0 amide bonds. The summed E-state index contributed by atoms with van der Waals surface area (Å²) >= 11 is 12.0. The summed E-state index contributed by atoms with van der Waals surface area (Å²) < 4.78 is 5.24. The minimum absolute atomic E-state index is 0.246. The molecule has 2 aromatic heterocycles. The van der Waals surface area contributed by atoms with E-state index in [1.807, 2.05) is 19.1 Å². The highest BCUT2D eigenvalue weighted by Gasteiger charge is 2.16. The SMILES string of the molecule is Cc1ccnc(-c2noc(-c3cc(Cl)cc(Cl)c3N)n2)c1. The Bertz CT molecular complexity index is 816. The third-order valence-corrected chi connectivity index (χ3v) is 3.43. The van der Waals surface area contributed by atoms with Gasteiger partial charge < -0.3 is 10.3 Å². The van der Waals surface area contributed by atoms with E-state index in [0.29, 0.717) is 32.8 Å². The average Bonchev–Trinajstić information content (AvgIpc) is 2.92. The number of aryl methyl sites for hydroxylation is 1. The van der Waals surface area contributed by atoms with Gasteiger partial charge in [-0.05, 0) is 36.8 Å². The van der Waals surface area contributed by atoms with E-state index in [0.717, 1.165) is 5.56 Å². The number of nitrogens with two attached hydrogens (primary N) is 1. The number of pyridine rings is 1. The quantitative estimate of drug-likeness (QED) is 0.722. The lowest BCUT2D eigenvalue weighted by atomic mass is 10.2. The topological polar surface area (TPSA) is 77.8 Å². The first-order valence-corrected chi connectivity index (χ1v) is 6.82. The van der Waals surface area contributed by atoms with Gasteiger partial charge in [-0.25, -0.2) is 0 Å². The third kappa shape index (κ3) is 2.70. The molecule has 21 heavy (non-hydrogen) atoms. The molecule has 0 bridgehead atoms. The Balaban J connectivity index is 2.07. The summed E-state index contributed by atoms with van der Waals surface area (Å²) in [4.78, 5) is 8.50. The first kappa shape index (κ1) is 13.9. The fourth-order valence-electron chi connectivity index (χ4n) is 1.86. The maximum Gasteiger partial charge on any atom is 0.260 e. The van der Waals surface area contributed by atoms with Gasteiger partial charge in [0.1, 0.15) is 5.69 Å². The van der Waals surface area contributed by atoms with Crippen molar-refractivity contribution >= 4 is 28.9 Å². The molecule has 3 rings (SSSR count). The van der Waals surface area contributed by atoms with Gasteiger partial charge in [0.25, 0.3) is 5.89 Å².